The number of alkyl halides is 3. The summed E-state index contributed by atoms with van der Waals surface area (Å²) in [6.45, 7) is 6.88. The lowest BCUT2D eigenvalue weighted by Gasteiger charge is -2.33. The summed E-state index contributed by atoms with van der Waals surface area (Å²) in [6.07, 6.45) is -2.68. The number of aliphatic carboxylic acids is 1. The molecule has 1 N–H and O–H groups in total. The highest BCUT2D eigenvalue weighted by molar-refractivity contribution is 7.09. The summed E-state index contributed by atoms with van der Waals surface area (Å²) >= 11 is 1.72. The normalized spacial score (nSPS) is 24.7. The van der Waals surface area contributed by atoms with Gasteiger partial charge in [0.25, 0.3) is 5.89 Å². The van der Waals surface area contributed by atoms with Crippen molar-refractivity contribution in [2.24, 2.45) is 5.92 Å². The molecule has 2 aliphatic rings. The van der Waals surface area contributed by atoms with Gasteiger partial charge in [0, 0.05) is 18.5 Å². The molecule has 0 unspecified atom stereocenters. The highest BCUT2D eigenvalue weighted by Crippen LogP contribution is 2.40. The maximum atomic E-state index is 10.6. The number of carboxylic acids is 1. The van der Waals surface area contributed by atoms with E-state index in [1.165, 1.54) is 5.69 Å². The van der Waals surface area contributed by atoms with Crippen molar-refractivity contribution >= 4 is 17.3 Å². The molecule has 3 atom stereocenters. The average molecular weight is 434 g/mol. The summed E-state index contributed by atoms with van der Waals surface area (Å²) in [5, 5.41) is 14.3. The van der Waals surface area contributed by atoms with Gasteiger partial charge >= 0.3 is 12.1 Å². The predicted octanol–water partition coefficient (Wildman–Crippen LogP) is 3.13. The van der Waals surface area contributed by atoms with Crippen LogP contribution in [0.25, 0.3) is 0 Å². The van der Waals surface area contributed by atoms with Crippen LogP contribution in [0.4, 0.5) is 13.2 Å². The minimum Gasteiger partial charge on any atom is -0.475 e. The summed E-state index contributed by atoms with van der Waals surface area (Å²) < 4.78 is 43.2. The SMILES string of the molecule is Cc1noc([C@@H]2C[C@@H]3CCN(Cc4csc(C)n4)C[C@H]3O2)n1.O=C(O)C(F)(F)F. The molecule has 0 aromatic carbocycles. The smallest absolute Gasteiger partial charge is 0.475 e. The molecule has 2 aromatic rings. The van der Waals surface area contributed by atoms with E-state index in [4.69, 9.17) is 19.2 Å². The molecule has 4 rings (SSSR count). The van der Waals surface area contributed by atoms with Crippen molar-refractivity contribution in [3.63, 3.8) is 0 Å². The number of aromatic nitrogens is 3. The molecule has 2 fully saturated rings. The lowest BCUT2D eigenvalue weighted by molar-refractivity contribution is -0.192. The zero-order chi connectivity index (χ0) is 21.2. The van der Waals surface area contributed by atoms with Gasteiger partial charge in [0.15, 0.2) is 5.82 Å². The lowest BCUT2D eigenvalue weighted by atomic mass is 9.91. The third kappa shape index (κ3) is 5.73. The number of rotatable bonds is 3. The Morgan fingerprint density at radius 3 is 2.66 bits per heavy atom. The minimum atomic E-state index is -5.08. The van der Waals surface area contributed by atoms with Gasteiger partial charge in [-0.1, -0.05) is 5.16 Å². The first-order valence-electron chi connectivity index (χ1n) is 9.01. The average Bonchev–Trinajstić information content (AvgIpc) is 3.34. The van der Waals surface area contributed by atoms with Gasteiger partial charge in [-0.3, -0.25) is 4.90 Å². The maximum Gasteiger partial charge on any atom is 0.490 e. The second kappa shape index (κ2) is 8.76. The van der Waals surface area contributed by atoms with Crippen LogP contribution < -0.4 is 0 Å². The van der Waals surface area contributed by atoms with Crippen LogP contribution in [-0.4, -0.2) is 56.5 Å². The van der Waals surface area contributed by atoms with E-state index in [-0.39, 0.29) is 12.2 Å². The molecule has 0 aliphatic carbocycles. The van der Waals surface area contributed by atoms with Gasteiger partial charge in [0.05, 0.1) is 16.8 Å². The first kappa shape index (κ1) is 21.7. The fraction of sp³-hybridized carbons (Fsp3) is 0.647. The molecular formula is C17H21F3N4O4S. The van der Waals surface area contributed by atoms with Crippen LogP contribution in [0.1, 0.15) is 41.4 Å². The van der Waals surface area contributed by atoms with Crippen LogP contribution in [-0.2, 0) is 16.1 Å². The number of hydrogen-bond acceptors (Lipinski definition) is 8. The molecule has 0 bridgehead atoms. The van der Waals surface area contributed by atoms with Crippen LogP contribution >= 0.6 is 11.3 Å². The fourth-order valence-electron chi connectivity index (χ4n) is 3.45. The van der Waals surface area contributed by atoms with Crippen molar-refractivity contribution in [3.8, 4) is 0 Å². The van der Waals surface area contributed by atoms with E-state index in [0.29, 0.717) is 17.6 Å². The number of piperidine rings is 1. The topological polar surface area (TPSA) is 102 Å². The zero-order valence-corrected chi connectivity index (χ0v) is 16.7. The third-order valence-corrected chi connectivity index (χ3v) is 5.57. The van der Waals surface area contributed by atoms with Crippen LogP contribution in [0.2, 0.25) is 0 Å². The second-order valence-electron chi connectivity index (χ2n) is 7.02. The molecule has 12 heteroatoms. The number of nitrogens with zero attached hydrogens (tertiary/aromatic N) is 4. The van der Waals surface area contributed by atoms with Crippen LogP contribution in [0.3, 0.4) is 0 Å². The third-order valence-electron chi connectivity index (χ3n) is 4.75. The molecule has 2 aliphatic heterocycles. The standard InChI is InChI=1S/C15H20N4O2S.C2HF3O2/c1-9-16-15(21-18-9)13-5-11-3-4-19(7-14(11)20-13)6-12-8-22-10(2)17-12;3-2(4,5)1(6)7/h8,11,13-14H,3-7H2,1-2H3;(H,6,7)/t11-,13-,14+;/m0./s1. The Balaban J connectivity index is 0.000000298. The van der Waals surface area contributed by atoms with E-state index < -0.39 is 12.1 Å². The number of halogens is 3. The van der Waals surface area contributed by atoms with E-state index in [2.05, 4.69) is 32.3 Å². The molecule has 2 aromatic heterocycles. The highest BCUT2D eigenvalue weighted by atomic mass is 32.1. The lowest BCUT2D eigenvalue weighted by Crippen LogP contribution is -2.41. The Morgan fingerprint density at radius 2 is 2.10 bits per heavy atom. The van der Waals surface area contributed by atoms with Gasteiger partial charge in [-0.25, -0.2) is 9.78 Å². The Labute approximate surface area is 168 Å². The highest BCUT2D eigenvalue weighted by Gasteiger charge is 2.41. The Hall–Kier alpha value is -2.05. The quantitative estimate of drug-likeness (QED) is 0.786. The maximum absolute atomic E-state index is 10.6. The van der Waals surface area contributed by atoms with Crippen molar-refractivity contribution in [2.45, 2.75) is 51.6 Å². The van der Waals surface area contributed by atoms with E-state index >= 15 is 0 Å². The zero-order valence-electron chi connectivity index (χ0n) is 15.8. The number of thiazole rings is 1. The number of likely N-dealkylation sites (tertiary alicyclic amines) is 1. The number of hydrogen-bond donors (Lipinski definition) is 1. The Morgan fingerprint density at radius 1 is 1.38 bits per heavy atom. The van der Waals surface area contributed by atoms with Crippen molar-refractivity contribution in [3.05, 3.63) is 27.8 Å². The van der Waals surface area contributed by atoms with Gasteiger partial charge in [-0.05, 0) is 39.2 Å². The van der Waals surface area contributed by atoms with Crippen molar-refractivity contribution < 1.29 is 32.3 Å². The number of carbonyl (C=O) groups is 1. The Bertz CT molecular complexity index is 841. The number of ether oxygens (including phenoxy) is 1. The first-order chi connectivity index (χ1) is 13.6. The van der Waals surface area contributed by atoms with Crippen LogP contribution in [0.15, 0.2) is 9.90 Å². The van der Waals surface area contributed by atoms with E-state index in [9.17, 15) is 13.2 Å². The molecule has 0 saturated carbocycles. The largest absolute Gasteiger partial charge is 0.490 e. The van der Waals surface area contributed by atoms with Crippen molar-refractivity contribution in [2.75, 3.05) is 13.1 Å². The van der Waals surface area contributed by atoms with Gasteiger partial charge in [-0.2, -0.15) is 18.2 Å². The summed E-state index contributed by atoms with van der Waals surface area (Å²) in [5.41, 5.74) is 1.17. The molecule has 0 amide bonds. The molecular weight excluding hydrogens is 413 g/mol. The van der Waals surface area contributed by atoms with E-state index in [1.54, 1.807) is 11.3 Å². The van der Waals surface area contributed by atoms with Crippen LogP contribution in [0.5, 0.6) is 0 Å². The Kier molecular flexibility index (Phi) is 6.54. The van der Waals surface area contributed by atoms with Crippen molar-refractivity contribution in [1.29, 1.82) is 0 Å². The van der Waals surface area contributed by atoms with Crippen molar-refractivity contribution in [1.82, 2.24) is 20.0 Å². The predicted molar refractivity (Wildman–Crippen MR) is 95.2 cm³/mol. The van der Waals surface area contributed by atoms with Crippen LogP contribution in [0, 0.1) is 19.8 Å². The molecule has 0 spiro atoms. The molecule has 160 valence electrons. The summed E-state index contributed by atoms with van der Waals surface area (Å²) in [4.78, 5) is 20.2. The summed E-state index contributed by atoms with van der Waals surface area (Å²) in [7, 11) is 0. The first-order valence-corrected chi connectivity index (χ1v) is 9.89. The number of fused-ring (bicyclic) bond motifs is 1. The molecule has 2 saturated heterocycles. The number of carboxylic acid groups (broad SMARTS) is 1. The van der Waals surface area contributed by atoms with Gasteiger partial charge in [-0.15, -0.1) is 11.3 Å². The molecule has 4 heterocycles. The fourth-order valence-corrected chi connectivity index (χ4v) is 4.05. The molecule has 8 nitrogen and oxygen atoms in total. The molecule has 29 heavy (non-hydrogen) atoms. The van der Waals surface area contributed by atoms with Gasteiger partial charge < -0.3 is 14.4 Å². The number of aryl methyl sites for hydroxylation is 2. The minimum absolute atomic E-state index is 0.0299. The van der Waals surface area contributed by atoms with E-state index in [1.807, 2.05) is 6.92 Å². The summed E-state index contributed by atoms with van der Waals surface area (Å²) in [6, 6.07) is 0. The monoisotopic (exact) mass is 434 g/mol. The molecule has 0 radical (unpaired) electrons. The van der Waals surface area contributed by atoms with Gasteiger partial charge in [0.2, 0.25) is 0 Å². The van der Waals surface area contributed by atoms with Gasteiger partial charge in [0.1, 0.15) is 6.10 Å². The second-order valence-corrected chi connectivity index (χ2v) is 8.09. The van der Waals surface area contributed by atoms with E-state index in [0.717, 1.165) is 37.5 Å². The summed E-state index contributed by atoms with van der Waals surface area (Å²) in [5.74, 6) is -0.847.